The van der Waals surface area contributed by atoms with E-state index in [2.05, 4.69) is 14.5 Å². The van der Waals surface area contributed by atoms with Gasteiger partial charge in [0.2, 0.25) is 5.13 Å². The minimum Gasteiger partial charge on any atom is -0.212 e. The first-order valence-electron chi connectivity index (χ1n) is 4.15. The fourth-order valence-corrected chi connectivity index (χ4v) is 1.69. The largest absolute Gasteiger partial charge is 0.230 e. The van der Waals surface area contributed by atoms with Crippen LogP contribution in [0, 0.1) is 6.92 Å². The molecule has 0 spiro atoms. The van der Waals surface area contributed by atoms with Crippen LogP contribution < -0.4 is 0 Å². The standard InChI is InChI=1S/C8H10N4S/c1-3-7-9-8(13-11-7)12-5-4-6(2)10-12/h4-5H,3H2,1-2H3. The fraction of sp³-hybridized carbons (Fsp3) is 0.375. The molecule has 4 nitrogen and oxygen atoms in total. The van der Waals surface area contributed by atoms with Crippen LogP contribution in [0.1, 0.15) is 18.4 Å². The van der Waals surface area contributed by atoms with E-state index in [-0.39, 0.29) is 0 Å². The van der Waals surface area contributed by atoms with Crippen molar-refractivity contribution < 1.29 is 0 Å². The number of rotatable bonds is 2. The Hall–Kier alpha value is -1.23. The first-order chi connectivity index (χ1) is 6.29. The third-order valence-corrected chi connectivity index (χ3v) is 2.44. The molecule has 0 saturated carbocycles. The lowest BCUT2D eigenvalue weighted by Crippen LogP contribution is -1.94. The van der Waals surface area contributed by atoms with E-state index in [4.69, 9.17) is 0 Å². The molecule has 0 atom stereocenters. The van der Waals surface area contributed by atoms with Crippen molar-refractivity contribution in [1.29, 1.82) is 0 Å². The number of aromatic nitrogens is 4. The summed E-state index contributed by atoms with van der Waals surface area (Å²) in [6, 6.07) is 1.95. The van der Waals surface area contributed by atoms with E-state index < -0.39 is 0 Å². The zero-order valence-corrected chi connectivity index (χ0v) is 8.38. The lowest BCUT2D eigenvalue weighted by molar-refractivity contribution is 0.841. The number of nitrogens with zero attached hydrogens (tertiary/aromatic N) is 4. The van der Waals surface area contributed by atoms with Gasteiger partial charge in [0.05, 0.1) is 5.69 Å². The summed E-state index contributed by atoms with van der Waals surface area (Å²) in [6.07, 6.45) is 2.77. The maximum atomic E-state index is 4.32. The molecule has 0 amide bonds. The molecule has 0 aliphatic heterocycles. The third kappa shape index (κ3) is 1.60. The lowest BCUT2D eigenvalue weighted by atomic mass is 10.5. The van der Waals surface area contributed by atoms with Gasteiger partial charge in [-0.05, 0) is 13.0 Å². The Balaban J connectivity index is 2.35. The van der Waals surface area contributed by atoms with E-state index in [1.54, 1.807) is 4.68 Å². The monoisotopic (exact) mass is 194 g/mol. The van der Waals surface area contributed by atoms with Crippen molar-refractivity contribution in [2.45, 2.75) is 20.3 Å². The molecular formula is C8H10N4S. The van der Waals surface area contributed by atoms with Crippen LogP contribution in [0.4, 0.5) is 0 Å². The highest BCUT2D eigenvalue weighted by molar-refractivity contribution is 7.08. The Morgan fingerprint density at radius 3 is 2.92 bits per heavy atom. The van der Waals surface area contributed by atoms with E-state index in [1.807, 2.05) is 26.1 Å². The van der Waals surface area contributed by atoms with E-state index in [1.165, 1.54) is 11.5 Å². The Morgan fingerprint density at radius 1 is 1.54 bits per heavy atom. The van der Waals surface area contributed by atoms with Gasteiger partial charge in [-0.2, -0.15) is 9.47 Å². The normalized spacial score (nSPS) is 10.6. The zero-order chi connectivity index (χ0) is 9.26. The predicted molar refractivity (Wildman–Crippen MR) is 51.1 cm³/mol. The summed E-state index contributed by atoms with van der Waals surface area (Å²) < 4.78 is 5.95. The van der Waals surface area contributed by atoms with Crippen molar-refractivity contribution in [1.82, 2.24) is 19.1 Å². The van der Waals surface area contributed by atoms with Crippen LogP contribution in [0.5, 0.6) is 0 Å². The first kappa shape index (κ1) is 8.37. The molecule has 0 aliphatic rings. The maximum Gasteiger partial charge on any atom is 0.230 e. The fourth-order valence-electron chi connectivity index (χ4n) is 1.00. The highest BCUT2D eigenvalue weighted by Crippen LogP contribution is 2.10. The van der Waals surface area contributed by atoms with E-state index in [0.29, 0.717) is 0 Å². The molecule has 2 aromatic heterocycles. The number of hydrogen-bond donors (Lipinski definition) is 0. The maximum absolute atomic E-state index is 4.32. The van der Waals surface area contributed by atoms with Crippen molar-refractivity contribution in [3.05, 3.63) is 23.8 Å². The van der Waals surface area contributed by atoms with Crippen LogP contribution in [-0.2, 0) is 6.42 Å². The molecule has 0 radical (unpaired) electrons. The average molecular weight is 194 g/mol. The first-order valence-corrected chi connectivity index (χ1v) is 4.92. The number of aryl methyl sites for hydroxylation is 2. The molecule has 2 rings (SSSR count). The lowest BCUT2D eigenvalue weighted by Gasteiger charge is -1.90. The topological polar surface area (TPSA) is 43.6 Å². The molecule has 0 aliphatic carbocycles. The van der Waals surface area contributed by atoms with Gasteiger partial charge in [0.25, 0.3) is 0 Å². The highest BCUT2D eigenvalue weighted by atomic mass is 32.1. The molecular weight excluding hydrogens is 184 g/mol. The Bertz CT molecular complexity index is 404. The van der Waals surface area contributed by atoms with Gasteiger partial charge in [-0.1, -0.05) is 6.92 Å². The average Bonchev–Trinajstić information content (AvgIpc) is 2.71. The minimum absolute atomic E-state index is 0.838. The van der Waals surface area contributed by atoms with E-state index in [9.17, 15) is 0 Å². The second kappa shape index (κ2) is 3.26. The Kier molecular flexibility index (Phi) is 2.10. The summed E-state index contributed by atoms with van der Waals surface area (Å²) in [6.45, 7) is 4.00. The van der Waals surface area contributed by atoms with Gasteiger partial charge in [0.15, 0.2) is 0 Å². The summed E-state index contributed by atoms with van der Waals surface area (Å²) in [7, 11) is 0. The van der Waals surface area contributed by atoms with Crippen LogP contribution in [-0.4, -0.2) is 19.1 Å². The van der Waals surface area contributed by atoms with Gasteiger partial charge in [-0.25, -0.2) is 9.67 Å². The summed E-state index contributed by atoms with van der Waals surface area (Å²) in [5.74, 6) is 0.883. The molecule has 13 heavy (non-hydrogen) atoms. The minimum atomic E-state index is 0.838. The van der Waals surface area contributed by atoms with Crippen molar-refractivity contribution in [2.75, 3.05) is 0 Å². The second-order valence-corrected chi connectivity index (χ2v) is 3.48. The molecule has 0 fully saturated rings. The van der Waals surface area contributed by atoms with Gasteiger partial charge in [-0.15, -0.1) is 0 Å². The molecule has 0 aromatic carbocycles. The molecule has 2 aromatic rings. The highest BCUT2D eigenvalue weighted by Gasteiger charge is 2.04. The third-order valence-electron chi connectivity index (χ3n) is 1.69. The molecule has 0 bridgehead atoms. The van der Waals surface area contributed by atoms with Crippen molar-refractivity contribution in [3.63, 3.8) is 0 Å². The Labute approximate surface area is 80.4 Å². The van der Waals surface area contributed by atoms with Crippen LogP contribution in [0.25, 0.3) is 5.13 Å². The van der Waals surface area contributed by atoms with E-state index >= 15 is 0 Å². The molecule has 0 N–H and O–H groups in total. The van der Waals surface area contributed by atoms with Gasteiger partial charge in [0.1, 0.15) is 5.82 Å². The van der Waals surface area contributed by atoms with E-state index in [0.717, 1.165) is 23.1 Å². The van der Waals surface area contributed by atoms with Crippen molar-refractivity contribution >= 4 is 11.5 Å². The van der Waals surface area contributed by atoms with Gasteiger partial charge >= 0.3 is 0 Å². The van der Waals surface area contributed by atoms with Crippen LogP contribution in [0.15, 0.2) is 12.3 Å². The van der Waals surface area contributed by atoms with Gasteiger partial charge in [-0.3, -0.25) is 0 Å². The second-order valence-electron chi connectivity index (χ2n) is 2.75. The van der Waals surface area contributed by atoms with Crippen LogP contribution in [0.2, 0.25) is 0 Å². The van der Waals surface area contributed by atoms with Crippen LogP contribution in [0.3, 0.4) is 0 Å². The number of hydrogen-bond acceptors (Lipinski definition) is 4. The molecule has 2 heterocycles. The zero-order valence-electron chi connectivity index (χ0n) is 7.56. The van der Waals surface area contributed by atoms with Gasteiger partial charge < -0.3 is 0 Å². The quantitative estimate of drug-likeness (QED) is 0.729. The summed E-state index contributed by atoms with van der Waals surface area (Å²) in [5, 5.41) is 5.09. The van der Waals surface area contributed by atoms with Crippen LogP contribution >= 0.6 is 11.5 Å². The Morgan fingerprint density at radius 2 is 2.38 bits per heavy atom. The summed E-state index contributed by atoms with van der Waals surface area (Å²) >= 11 is 1.38. The molecule has 0 unspecified atom stereocenters. The smallest absolute Gasteiger partial charge is 0.212 e. The SMILES string of the molecule is CCc1nsc(-n2ccc(C)n2)n1. The van der Waals surface area contributed by atoms with Crippen molar-refractivity contribution in [2.24, 2.45) is 0 Å². The van der Waals surface area contributed by atoms with Gasteiger partial charge in [0, 0.05) is 24.2 Å². The molecule has 5 heteroatoms. The van der Waals surface area contributed by atoms with Crippen molar-refractivity contribution in [3.8, 4) is 5.13 Å². The summed E-state index contributed by atoms with van der Waals surface area (Å²) in [5.41, 5.74) is 0.994. The predicted octanol–water partition coefficient (Wildman–Crippen LogP) is 1.59. The summed E-state index contributed by atoms with van der Waals surface area (Å²) in [4.78, 5) is 4.32. The molecule has 0 saturated heterocycles. The molecule has 68 valence electrons.